The van der Waals surface area contributed by atoms with Crippen molar-refractivity contribution in [2.45, 2.75) is 39.2 Å². The Labute approximate surface area is 120 Å². The number of nitrogens with one attached hydrogen (secondary N) is 1. The first-order chi connectivity index (χ1) is 9.70. The molecule has 0 saturated heterocycles. The van der Waals surface area contributed by atoms with E-state index >= 15 is 0 Å². The van der Waals surface area contributed by atoms with Gasteiger partial charge in [-0.25, -0.2) is 0 Å². The summed E-state index contributed by atoms with van der Waals surface area (Å²) >= 11 is 0. The molecule has 1 aromatic carbocycles. The van der Waals surface area contributed by atoms with Crippen LogP contribution in [0.1, 0.15) is 33.1 Å². The number of aromatic nitrogens is 1. The molecule has 0 radical (unpaired) electrons. The van der Waals surface area contributed by atoms with E-state index in [0.717, 1.165) is 34.0 Å². The average Bonchev–Trinajstić information content (AvgIpc) is 2.83. The molecule has 3 nitrogen and oxygen atoms in total. The number of nitrogens with two attached hydrogens (primary N) is 1. The van der Waals surface area contributed by atoms with Crippen LogP contribution < -0.4 is 11.1 Å². The Hall–Kier alpha value is -1.77. The maximum Gasteiger partial charge on any atom is 0.0439 e. The van der Waals surface area contributed by atoms with Crippen LogP contribution in [0.4, 0.5) is 11.4 Å². The lowest BCUT2D eigenvalue weighted by Gasteiger charge is -2.23. The standard InChI is InChI=1S/C17H23N3/c1-3-12-4-6-16(11(12)2)20-17-7-5-15(18)13-8-9-19-10-14(13)17/h5,7-12,16,20H,3-4,6,18H2,1-2H3. The van der Waals surface area contributed by atoms with Gasteiger partial charge in [-0.05, 0) is 42.9 Å². The molecule has 2 aromatic rings. The highest BCUT2D eigenvalue weighted by atomic mass is 14.9. The van der Waals surface area contributed by atoms with Crippen molar-refractivity contribution in [1.82, 2.24) is 4.98 Å². The first-order valence-electron chi connectivity index (χ1n) is 7.59. The number of anilines is 2. The lowest BCUT2D eigenvalue weighted by atomic mass is 9.93. The van der Waals surface area contributed by atoms with Gasteiger partial charge in [0.25, 0.3) is 0 Å². The van der Waals surface area contributed by atoms with Crippen molar-refractivity contribution >= 4 is 22.1 Å². The highest BCUT2D eigenvalue weighted by Gasteiger charge is 2.31. The number of rotatable bonds is 3. The number of hydrogen-bond donors (Lipinski definition) is 2. The quantitative estimate of drug-likeness (QED) is 0.826. The number of pyridine rings is 1. The fraction of sp³-hybridized carbons (Fsp3) is 0.471. The number of fused-ring (bicyclic) bond motifs is 1. The summed E-state index contributed by atoms with van der Waals surface area (Å²) in [6, 6.07) is 6.63. The second kappa shape index (κ2) is 5.31. The van der Waals surface area contributed by atoms with E-state index in [2.05, 4.69) is 30.2 Å². The summed E-state index contributed by atoms with van der Waals surface area (Å²) in [6.07, 6.45) is 7.58. The van der Waals surface area contributed by atoms with E-state index in [1.807, 2.05) is 18.3 Å². The van der Waals surface area contributed by atoms with Gasteiger partial charge in [-0.3, -0.25) is 4.98 Å². The van der Waals surface area contributed by atoms with Crippen LogP contribution in [0.2, 0.25) is 0 Å². The molecule has 3 unspecified atom stereocenters. The van der Waals surface area contributed by atoms with Crippen LogP contribution in [-0.2, 0) is 0 Å². The van der Waals surface area contributed by atoms with Gasteiger partial charge in [0.1, 0.15) is 0 Å². The lowest BCUT2D eigenvalue weighted by molar-refractivity contribution is 0.392. The third-order valence-electron chi connectivity index (χ3n) is 4.94. The number of nitrogens with zero attached hydrogens (tertiary/aromatic N) is 1. The molecule has 1 aliphatic rings. The van der Waals surface area contributed by atoms with Crippen molar-refractivity contribution in [2.75, 3.05) is 11.1 Å². The largest absolute Gasteiger partial charge is 0.398 e. The van der Waals surface area contributed by atoms with Crippen molar-refractivity contribution in [3.63, 3.8) is 0 Å². The lowest BCUT2D eigenvalue weighted by Crippen LogP contribution is -2.24. The number of nitrogen functional groups attached to an aromatic ring is 1. The minimum absolute atomic E-state index is 0.562. The summed E-state index contributed by atoms with van der Waals surface area (Å²) in [5, 5.41) is 5.94. The summed E-state index contributed by atoms with van der Waals surface area (Å²) in [6.45, 7) is 4.67. The van der Waals surface area contributed by atoms with E-state index in [-0.39, 0.29) is 0 Å². The Balaban J connectivity index is 1.90. The van der Waals surface area contributed by atoms with Crippen molar-refractivity contribution in [2.24, 2.45) is 11.8 Å². The Morgan fingerprint density at radius 2 is 2.10 bits per heavy atom. The van der Waals surface area contributed by atoms with Gasteiger partial charge < -0.3 is 11.1 Å². The molecule has 3 rings (SSSR count). The number of benzene rings is 1. The smallest absolute Gasteiger partial charge is 0.0439 e. The maximum atomic E-state index is 6.05. The molecule has 3 N–H and O–H groups in total. The van der Waals surface area contributed by atoms with E-state index in [0.29, 0.717) is 6.04 Å². The summed E-state index contributed by atoms with van der Waals surface area (Å²) in [7, 11) is 0. The van der Waals surface area contributed by atoms with Gasteiger partial charge in [-0.15, -0.1) is 0 Å². The zero-order chi connectivity index (χ0) is 14.1. The van der Waals surface area contributed by atoms with Crippen LogP contribution in [0.25, 0.3) is 10.8 Å². The summed E-state index contributed by atoms with van der Waals surface area (Å²) in [4.78, 5) is 4.24. The van der Waals surface area contributed by atoms with Crippen LogP contribution in [0.15, 0.2) is 30.6 Å². The Morgan fingerprint density at radius 3 is 2.85 bits per heavy atom. The second-order valence-corrected chi connectivity index (χ2v) is 5.98. The van der Waals surface area contributed by atoms with Gasteiger partial charge in [-0.1, -0.05) is 20.3 Å². The first-order valence-corrected chi connectivity index (χ1v) is 7.59. The van der Waals surface area contributed by atoms with E-state index < -0.39 is 0 Å². The van der Waals surface area contributed by atoms with Crippen molar-refractivity contribution in [3.05, 3.63) is 30.6 Å². The van der Waals surface area contributed by atoms with E-state index in [4.69, 9.17) is 5.73 Å². The zero-order valence-corrected chi connectivity index (χ0v) is 12.3. The molecule has 106 valence electrons. The predicted octanol–water partition coefficient (Wildman–Crippen LogP) is 4.05. The summed E-state index contributed by atoms with van der Waals surface area (Å²) < 4.78 is 0. The minimum Gasteiger partial charge on any atom is -0.398 e. The Bertz CT molecular complexity index is 608. The topological polar surface area (TPSA) is 50.9 Å². The van der Waals surface area contributed by atoms with Gasteiger partial charge in [0.2, 0.25) is 0 Å². The molecule has 3 atom stereocenters. The van der Waals surface area contributed by atoms with Crippen LogP contribution in [0.5, 0.6) is 0 Å². The van der Waals surface area contributed by atoms with E-state index in [1.54, 1.807) is 6.20 Å². The predicted molar refractivity (Wildman–Crippen MR) is 85.7 cm³/mol. The Morgan fingerprint density at radius 1 is 1.25 bits per heavy atom. The minimum atomic E-state index is 0.562. The maximum absolute atomic E-state index is 6.05. The first kappa shape index (κ1) is 13.2. The SMILES string of the molecule is CCC1CCC(Nc2ccc(N)c3ccncc23)C1C. The van der Waals surface area contributed by atoms with Crippen molar-refractivity contribution < 1.29 is 0 Å². The monoisotopic (exact) mass is 269 g/mol. The third kappa shape index (κ3) is 2.21. The van der Waals surface area contributed by atoms with Crippen LogP contribution in [0, 0.1) is 11.8 Å². The summed E-state index contributed by atoms with van der Waals surface area (Å²) in [5.74, 6) is 1.58. The summed E-state index contributed by atoms with van der Waals surface area (Å²) in [5.41, 5.74) is 8.03. The van der Waals surface area contributed by atoms with E-state index in [9.17, 15) is 0 Å². The number of hydrogen-bond acceptors (Lipinski definition) is 3. The molecule has 1 aromatic heterocycles. The molecule has 20 heavy (non-hydrogen) atoms. The van der Waals surface area contributed by atoms with Gasteiger partial charge in [-0.2, -0.15) is 0 Å². The molecule has 1 saturated carbocycles. The molecule has 0 aliphatic heterocycles. The van der Waals surface area contributed by atoms with Gasteiger partial charge in [0, 0.05) is 40.6 Å². The third-order valence-corrected chi connectivity index (χ3v) is 4.94. The van der Waals surface area contributed by atoms with Gasteiger partial charge in [0.05, 0.1) is 0 Å². The van der Waals surface area contributed by atoms with Gasteiger partial charge >= 0.3 is 0 Å². The fourth-order valence-electron chi connectivity index (χ4n) is 3.57. The van der Waals surface area contributed by atoms with Crippen LogP contribution in [-0.4, -0.2) is 11.0 Å². The normalized spacial score (nSPS) is 26.0. The molecule has 1 aliphatic carbocycles. The zero-order valence-electron chi connectivity index (χ0n) is 12.3. The second-order valence-electron chi connectivity index (χ2n) is 5.98. The molecule has 3 heteroatoms. The Kier molecular flexibility index (Phi) is 3.51. The van der Waals surface area contributed by atoms with Gasteiger partial charge in [0.15, 0.2) is 0 Å². The van der Waals surface area contributed by atoms with Crippen LogP contribution >= 0.6 is 0 Å². The fourth-order valence-corrected chi connectivity index (χ4v) is 3.57. The molecular formula is C17H23N3. The van der Waals surface area contributed by atoms with Crippen LogP contribution in [0.3, 0.4) is 0 Å². The van der Waals surface area contributed by atoms with E-state index in [1.165, 1.54) is 19.3 Å². The van der Waals surface area contributed by atoms with Crippen molar-refractivity contribution in [1.29, 1.82) is 0 Å². The molecule has 0 spiro atoms. The molecule has 0 amide bonds. The highest BCUT2D eigenvalue weighted by molar-refractivity contribution is 6.00. The molecule has 1 heterocycles. The molecular weight excluding hydrogens is 246 g/mol. The highest BCUT2D eigenvalue weighted by Crippen LogP contribution is 2.37. The molecule has 0 bridgehead atoms. The molecule has 1 fully saturated rings. The van der Waals surface area contributed by atoms with Crippen molar-refractivity contribution in [3.8, 4) is 0 Å². The average molecular weight is 269 g/mol.